The number of halogens is 2. The molecule has 0 saturated carbocycles. The summed E-state index contributed by atoms with van der Waals surface area (Å²) in [6, 6.07) is 3.45. The van der Waals surface area contributed by atoms with Crippen LogP contribution in [0.2, 0.25) is 0 Å². The summed E-state index contributed by atoms with van der Waals surface area (Å²) in [5, 5.41) is 12.4. The number of carbonyl (C=O) groups excluding carboxylic acids is 1. The van der Waals surface area contributed by atoms with Crippen molar-refractivity contribution in [1.82, 2.24) is 5.32 Å². The molecule has 1 amide bonds. The number of nitrogens with one attached hydrogen (secondary N) is 1. The van der Waals surface area contributed by atoms with E-state index in [1.54, 1.807) is 18.2 Å². The molecule has 1 heterocycles. The lowest BCUT2D eigenvalue weighted by Crippen LogP contribution is -2.17. The van der Waals surface area contributed by atoms with E-state index in [1.807, 2.05) is 0 Å². The average molecular weight is 395 g/mol. The lowest BCUT2D eigenvalue weighted by atomic mass is 10.2. The second kappa shape index (κ2) is 5.09. The zero-order chi connectivity index (χ0) is 12.6. The molecule has 1 aromatic carbocycles. The minimum absolute atomic E-state index is 0.0897. The van der Waals surface area contributed by atoms with Crippen molar-refractivity contribution in [1.29, 1.82) is 0 Å². The van der Waals surface area contributed by atoms with Crippen molar-refractivity contribution >= 4 is 72.1 Å². The minimum atomic E-state index is -0.240. The van der Waals surface area contributed by atoms with E-state index >= 15 is 0 Å². The van der Waals surface area contributed by atoms with Gasteiger partial charge in [0.25, 0.3) is 5.91 Å². The quantitative estimate of drug-likeness (QED) is 0.566. The lowest BCUT2D eigenvalue weighted by molar-refractivity contribution is -0.115. The topological polar surface area (TPSA) is 49.3 Å². The van der Waals surface area contributed by atoms with Crippen molar-refractivity contribution in [2.75, 3.05) is 0 Å². The molecule has 17 heavy (non-hydrogen) atoms. The Morgan fingerprint density at radius 2 is 2.12 bits per heavy atom. The van der Waals surface area contributed by atoms with Crippen LogP contribution in [0, 0.1) is 0 Å². The lowest BCUT2D eigenvalue weighted by Gasteiger charge is -2.03. The van der Waals surface area contributed by atoms with E-state index in [4.69, 9.17) is 12.2 Å². The molecule has 1 aliphatic rings. The van der Waals surface area contributed by atoms with Crippen LogP contribution in [-0.4, -0.2) is 15.3 Å². The molecule has 1 aliphatic heterocycles. The van der Waals surface area contributed by atoms with Crippen LogP contribution in [0.15, 0.2) is 26.0 Å². The van der Waals surface area contributed by atoms with Crippen molar-refractivity contribution in [3.8, 4) is 5.75 Å². The fraction of sp³-hybridized carbons (Fsp3) is 0. The van der Waals surface area contributed by atoms with E-state index in [-0.39, 0.29) is 11.7 Å². The van der Waals surface area contributed by atoms with Gasteiger partial charge in [-0.15, -0.1) is 0 Å². The van der Waals surface area contributed by atoms with E-state index in [0.717, 1.165) is 4.47 Å². The molecule has 2 rings (SSSR count). The molecule has 88 valence electrons. The molecule has 1 saturated heterocycles. The van der Waals surface area contributed by atoms with Crippen LogP contribution in [0.4, 0.5) is 0 Å². The second-order valence-corrected chi connectivity index (χ2v) is 6.67. The average Bonchev–Trinajstić information content (AvgIpc) is 2.53. The number of amides is 1. The molecule has 0 bridgehead atoms. The molecule has 3 nitrogen and oxygen atoms in total. The summed E-state index contributed by atoms with van der Waals surface area (Å²) in [5.41, 5.74) is 0.550. The molecule has 0 aromatic heterocycles. The SMILES string of the molecule is O=C1NC(=S)S/C1=C\c1cc(Br)cc(Br)c1O. The molecule has 0 unspecified atom stereocenters. The predicted molar refractivity (Wildman–Crippen MR) is 79.8 cm³/mol. The molecule has 1 fully saturated rings. The van der Waals surface area contributed by atoms with Crippen molar-refractivity contribution in [2.24, 2.45) is 0 Å². The summed E-state index contributed by atoms with van der Waals surface area (Å²) in [7, 11) is 0. The number of hydrogen-bond donors (Lipinski definition) is 2. The first-order chi connectivity index (χ1) is 7.97. The monoisotopic (exact) mass is 393 g/mol. The van der Waals surface area contributed by atoms with Crippen molar-refractivity contribution in [2.45, 2.75) is 0 Å². The van der Waals surface area contributed by atoms with E-state index in [0.29, 0.717) is 19.3 Å². The van der Waals surface area contributed by atoms with Crippen molar-refractivity contribution in [3.05, 3.63) is 31.5 Å². The fourth-order valence-electron chi connectivity index (χ4n) is 1.26. The van der Waals surface area contributed by atoms with Gasteiger partial charge in [-0.1, -0.05) is 39.9 Å². The van der Waals surface area contributed by atoms with Gasteiger partial charge in [-0.25, -0.2) is 0 Å². The van der Waals surface area contributed by atoms with Gasteiger partial charge in [0.2, 0.25) is 0 Å². The van der Waals surface area contributed by atoms with Gasteiger partial charge < -0.3 is 10.4 Å². The van der Waals surface area contributed by atoms with Crippen molar-refractivity contribution in [3.63, 3.8) is 0 Å². The molecule has 1 aromatic rings. The summed E-state index contributed by atoms with van der Waals surface area (Å²) in [6.45, 7) is 0. The minimum Gasteiger partial charge on any atom is -0.506 e. The van der Waals surface area contributed by atoms with Crippen LogP contribution >= 0.6 is 55.8 Å². The molecule has 0 atom stereocenters. The number of thiocarbonyl (C=S) groups is 1. The zero-order valence-electron chi connectivity index (χ0n) is 8.16. The summed E-state index contributed by atoms with van der Waals surface area (Å²) in [4.78, 5) is 11.9. The number of carbonyl (C=O) groups is 1. The number of rotatable bonds is 1. The Morgan fingerprint density at radius 3 is 2.71 bits per heavy atom. The van der Waals surface area contributed by atoms with Crippen LogP contribution in [0.3, 0.4) is 0 Å². The normalized spacial score (nSPS) is 17.6. The largest absolute Gasteiger partial charge is 0.506 e. The predicted octanol–water partition coefficient (Wildman–Crippen LogP) is 3.41. The first kappa shape index (κ1) is 13.1. The fourth-order valence-corrected chi connectivity index (χ4v) is 3.55. The van der Waals surface area contributed by atoms with Gasteiger partial charge in [0, 0.05) is 10.0 Å². The Bertz CT molecular complexity index is 557. The number of aromatic hydroxyl groups is 1. The summed E-state index contributed by atoms with van der Waals surface area (Å²) < 4.78 is 1.79. The van der Waals surface area contributed by atoms with Crippen LogP contribution in [0.25, 0.3) is 6.08 Å². The van der Waals surface area contributed by atoms with Gasteiger partial charge in [0.1, 0.15) is 10.1 Å². The number of thioether (sulfide) groups is 1. The third kappa shape index (κ3) is 2.90. The Morgan fingerprint density at radius 1 is 1.41 bits per heavy atom. The Kier molecular flexibility index (Phi) is 3.92. The van der Waals surface area contributed by atoms with E-state index in [2.05, 4.69) is 37.2 Å². The highest BCUT2D eigenvalue weighted by Gasteiger charge is 2.22. The Labute approximate surface area is 124 Å². The van der Waals surface area contributed by atoms with Gasteiger partial charge in [-0.3, -0.25) is 4.79 Å². The van der Waals surface area contributed by atoms with Gasteiger partial charge >= 0.3 is 0 Å². The molecule has 0 spiro atoms. The standard InChI is InChI=1S/C10H5Br2NO2S2/c11-5-1-4(8(14)6(12)3-5)2-7-9(15)13-10(16)17-7/h1-3,14H,(H,13,15,16)/b7-2-. The molecule has 0 aliphatic carbocycles. The van der Waals surface area contributed by atoms with E-state index in [9.17, 15) is 9.90 Å². The Hall–Kier alpha value is -0.370. The van der Waals surface area contributed by atoms with Gasteiger partial charge in [-0.2, -0.15) is 0 Å². The molecular formula is C10H5Br2NO2S2. The van der Waals surface area contributed by atoms with Crippen LogP contribution in [0.5, 0.6) is 5.75 Å². The van der Waals surface area contributed by atoms with E-state index < -0.39 is 0 Å². The van der Waals surface area contributed by atoms with E-state index in [1.165, 1.54) is 11.8 Å². The number of phenolic OH excluding ortho intramolecular Hbond substituents is 1. The Balaban J connectivity index is 2.46. The second-order valence-electron chi connectivity index (χ2n) is 3.18. The highest BCUT2D eigenvalue weighted by atomic mass is 79.9. The third-order valence-corrected chi connectivity index (χ3v) is 4.21. The molecule has 7 heteroatoms. The third-order valence-electron chi connectivity index (χ3n) is 1.99. The highest BCUT2D eigenvalue weighted by molar-refractivity contribution is 9.11. The zero-order valence-corrected chi connectivity index (χ0v) is 13.0. The highest BCUT2D eigenvalue weighted by Crippen LogP contribution is 2.35. The van der Waals surface area contributed by atoms with Gasteiger partial charge in [0.15, 0.2) is 0 Å². The molecule has 2 N–H and O–H groups in total. The maximum absolute atomic E-state index is 11.5. The van der Waals surface area contributed by atoms with Crippen LogP contribution in [-0.2, 0) is 4.79 Å². The van der Waals surface area contributed by atoms with Crippen LogP contribution < -0.4 is 5.32 Å². The maximum Gasteiger partial charge on any atom is 0.263 e. The maximum atomic E-state index is 11.5. The first-order valence-corrected chi connectivity index (χ1v) is 7.21. The number of benzene rings is 1. The van der Waals surface area contributed by atoms with Crippen LogP contribution in [0.1, 0.15) is 5.56 Å². The summed E-state index contributed by atoms with van der Waals surface area (Å²) in [6.07, 6.45) is 1.60. The first-order valence-electron chi connectivity index (χ1n) is 4.40. The number of phenols is 1. The van der Waals surface area contributed by atoms with Gasteiger partial charge in [0.05, 0.1) is 9.38 Å². The molecular weight excluding hydrogens is 390 g/mol. The van der Waals surface area contributed by atoms with Crippen molar-refractivity contribution < 1.29 is 9.90 Å². The summed E-state index contributed by atoms with van der Waals surface area (Å²) >= 11 is 12.6. The van der Waals surface area contributed by atoms with Gasteiger partial charge in [-0.05, 0) is 34.1 Å². The number of hydrogen-bond acceptors (Lipinski definition) is 4. The summed E-state index contributed by atoms with van der Waals surface area (Å²) in [5.74, 6) is -0.151. The molecule has 0 radical (unpaired) electrons. The smallest absolute Gasteiger partial charge is 0.263 e.